The van der Waals surface area contributed by atoms with Gasteiger partial charge in [-0.1, -0.05) is 0 Å². The first-order valence-electron chi connectivity index (χ1n) is 3.76. The maximum absolute atomic E-state index is 11.2. The van der Waals surface area contributed by atoms with Crippen molar-refractivity contribution in [3.05, 3.63) is 0 Å². The van der Waals surface area contributed by atoms with E-state index in [1.807, 2.05) is 6.92 Å². The Balaban J connectivity index is 3.81. The van der Waals surface area contributed by atoms with E-state index in [1.165, 1.54) is 19.1 Å². The quantitative estimate of drug-likeness (QED) is 0.610. The highest BCUT2D eigenvalue weighted by atomic mass is 16.5. The molecule has 0 aliphatic heterocycles. The van der Waals surface area contributed by atoms with Gasteiger partial charge in [0.1, 0.15) is 13.5 Å². The van der Waals surface area contributed by atoms with Crippen LogP contribution < -0.4 is 5.32 Å². The Kier molecular flexibility index (Phi) is 6.41. The van der Waals surface area contributed by atoms with Crippen LogP contribution in [-0.2, 0) is 9.47 Å². The fourth-order valence-electron chi connectivity index (χ4n) is 0.729. The van der Waals surface area contributed by atoms with Gasteiger partial charge in [0.15, 0.2) is 0 Å². The third-order valence-corrected chi connectivity index (χ3v) is 1.19. The third-order valence-electron chi connectivity index (χ3n) is 1.19. The number of rotatable bonds is 5. The summed E-state index contributed by atoms with van der Waals surface area (Å²) < 4.78 is 9.62. The average molecular weight is 176 g/mol. The predicted molar refractivity (Wildman–Crippen MR) is 44.7 cm³/mol. The molecule has 0 radical (unpaired) electrons. The van der Waals surface area contributed by atoms with Gasteiger partial charge in [0.25, 0.3) is 0 Å². The van der Waals surface area contributed by atoms with Crippen molar-refractivity contribution >= 4 is 6.03 Å². The summed E-state index contributed by atoms with van der Waals surface area (Å²) in [7, 11) is 3.06. The zero-order chi connectivity index (χ0) is 9.40. The smallest absolute Gasteiger partial charge is 0.321 e. The van der Waals surface area contributed by atoms with Crippen LogP contribution in [0.1, 0.15) is 6.92 Å². The van der Waals surface area contributed by atoms with Crippen LogP contribution in [0.4, 0.5) is 4.79 Å². The van der Waals surface area contributed by atoms with Crippen molar-refractivity contribution in [2.24, 2.45) is 0 Å². The summed E-state index contributed by atoms with van der Waals surface area (Å²) in [5.41, 5.74) is 0. The summed E-state index contributed by atoms with van der Waals surface area (Å²) in [6.07, 6.45) is 0. The zero-order valence-corrected chi connectivity index (χ0v) is 7.79. The maximum atomic E-state index is 11.2. The van der Waals surface area contributed by atoms with Gasteiger partial charge in [-0.25, -0.2) is 4.79 Å². The Morgan fingerprint density at radius 3 is 2.17 bits per heavy atom. The van der Waals surface area contributed by atoms with E-state index in [9.17, 15) is 4.79 Å². The Morgan fingerprint density at radius 2 is 1.83 bits per heavy atom. The number of ether oxygens (including phenoxy) is 2. The summed E-state index contributed by atoms with van der Waals surface area (Å²) in [5, 5.41) is 2.64. The van der Waals surface area contributed by atoms with Gasteiger partial charge in [0.05, 0.1) is 0 Å². The minimum Gasteiger partial charge on any atom is -0.364 e. The highest BCUT2D eigenvalue weighted by Gasteiger charge is 2.10. The molecular formula is C7H16N2O3. The first kappa shape index (κ1) is 11.2. The summed E-state index contributed by atoms with van der Waals surface area (Å²) in [6.45, 7) is 2.93. The van der Waals surface area contributed by atoms with E-state index in [4.69, 9.17) is 9.47 Å². The van der Waals surface area contributed by atoms with E-state index in [-0.39, 0.29) is 19.5 Å². The third kappa shape index (κ3) is 4.15. The molecular weight excluding hydrogens is 160 g/mol. The molecule has 0 bridgehead atoms. The van der Waals surface area contributed by atoms with E-state index in [0.717, 1.165) is 0 Å². The summed E-state index contributed by atoms with van der Waals surface area (Å²) in [4.78, 5) is 12.6. The highest BCUT2D eigenvalue weighted by Crippen LogP contribution is 1.89. The zero-order valence-electron chi connectivity index (χ0n) is 7.79. The molecule has 0 saturated heterocycles. The fraction of sp³-hybridized carbons (Fsp3) is 0.857. The largest absolute Gasteiger partial charge is 0.364 e. The molecule has 1 N–H and O–H groups in total. The van der Waals surface area contributed by atoms with Crippen molar-refractivity contribution in [2.75, 3.05) is 34.2 Å². The van der Waals surface area contributed by atoms with E-state index in [1.54, 1.807) is 0 Å². The minimum atomic E-state index is -0.179. The lowest BCUT2D eigenvalue weighted by atomic mass is 10.7. The molecule has 0 fully saturated rings. The van der Waals surface area contributed by atoms with Crippen LogP contribution in [-0.4, -0.2) is 45.2 Å². The van der Waals surface area contributed by atoms with Gasteiger partial charge >= 0.3 is 6.03 Å². The van der Waals surface area contributed by atoms with Crippen molar-refractivity contribution in [2.45, 2.75) is 6.92 Å². The number of nitrogens with one attached hydrogen (secondary N) is 1. The van der Waals surface area contributed by atoms with Crippen LogP contribution in [0.5, 0.6) is 0 Å². The van der Waals surface area contributed by atoms with Crippen molar-refractivity contribution in [3.63, 3.8) is 0 Å². The average Bonchev–Trinajstić information content (AvgIpc) is 2.04. The Labute approximate surface area is 72.6 Å². The first-order valence-corrected chi connectivity index (χ1v) is 3.76. The molecule has 12 heavy (non-hydrogen) atoms. The first-order chi connectivity index (χ1) is 5.76. The molecule has 5 nitrogen and oxygen atoms in total. The predicted octanol–water partition coefficient (Wildman–Crippen LogP) is 0.226. The SMILES string of the molecule is CCNC(=O)N(COC)COC. The number of carbonyl (C=O) groups excluding carboxylic acids is 1. The summed E-state index contributed by atoms with van der Waals surface area (Å²) in [6, 6.07) is -0.179. The minimum absolute atomic E-state index is 0.179. The number of hydrogen-bond acceptors (Lipinski definition) is 3. The second kappa shape index (κ2) is 6.87. The molecule has 0 rings (SSSR count). The summed E-state index contributed by atoms with van der Waals surface area (Å²) >= 11 is 0. The lowest BCUT2D eigenvalue weighted by molar-refractivity contribution is 0.0128. The van der Waals surface area contributed by atoms with Crippen molar-refractivity contribution < 1.29 is 14.3 Å². The monoisotopic (exact) mass is 176 g/mol. The number of amides is 2. The normalized spacial score (nSPS) is 9.58. The maximum Gasteiger partial charge on any atom is 0.321 e. The van der Waals surface area contributed by atoms with Gasteiger partial charge in [0.2, 0.25) is 0 Å². The van der Waals surface area contributed by atoms with Crippen LogP contribution in [0.25, 0.3) is 0 Å². The molecule has 0 aromatic rings. The molecule has 2 amide bonds. The van der Waals surface area contributed by atoms with Gasteiger partial charge in [-0.15, -0.1) is 0 Å². The molecule has 0 heterocycles. The second-order valence-electron chi connectivity index (χ2n) is 2.21. The lowest BCUT2D eigenvalue weighted by Gasteiger charge is -2.20. The van der Waals surface area contributed by atoms with E-state index in [0.29, 0.717) is 6.54 Å². The molecule has 0 aliphatic rings. The molecule has 0 atom stereocenters. The second-order valence-corrected chi connectivity index (χ2v) is 2.21. The van der Waals surface area contributed by atoms with E-state index < -0.39 is 0 Å². The number of urea groups is 1. The Morgan fingerprint density at radius 1 is 1.33 bits per heavy atom. The number of nitrogens with zero attached hydrogens (tertiary/aromatic N) is 1. The topological polar surface area (TPSA) is 50.8 Å². The molecule has 5 heteroatoms. The number of methoxy groups -OCH3 is 2. The van der Waals surface area contributed by atoms with Crippen LogP contribution in [0, 0.1) is 0 Å². The fourth-order valence-corrected chi connectivity index (χ4v) is 0.729. The molecule has 0 aromatic carbocycles. The molecule has 0 unspecified atom stereocenters. The van der Waals surface area contributed by atoms with Gasteiger partial charge < -0.3 is 14.8 Å². The number of carbonyl (C=O) groups is 1. The lowest BCUT2D eigenvalue weighted by Crippen LogP contribution is -2.41. The van der Waals surface area contributed by atoms with E-state index in [2.05, 4.69) is 5.32 Å². The number of hydrogen-bond donors (Lipinski definition) is 1. The molecule has 72 valence electrons. The van der Waals surface area contributed by atoms with Crippen LogP contribution >= 0.6 is 0 Å². The van der Waals surface area contributed by atoms with Crippen LogP contribution in [0.3, 0.4) is 0 Å². The molecule has 0 aliphatic carbocycles. The standard InChI is InChI=1S/C7H16N2O3/c1-4-8-7(10)9(5-11-2)6-12-3/h4-6H2,1-3H3,(H,8,10). The van der Waals surface area contributed by atoms with Gasteiger partial charge in [0, 0.05) is 20.8 Å². The van der Waals surface area contributed by atoms with E-state index >= 15 is 0 Å². The van der Waals surface area contributed by atoms with Gasteiger partial charge in [-0.2, -0.15) is 0 Å². The molecule has 0 saturated carbocycles. The van der Waals surface area contributed by atoms with Crippen LogP contribution in [0.2, 0.25) is 0 Å². The Bertz CT molecular complexity index is 124. The summed E-state index contributed by atoms with van der Waals surface area (Å²) in [5.74, 6) is 0. The van der Waals surface area contributed by atoms with Crippen molar-refractivity contribution in [1.82, 2.24) is 10.2 Å². The van der Waals surface area contributed by atoms with Crippen molar-refractivity contribution in [3.8, 4) is 0 Å². The Hall–Kier alpha value is -0.810. The highest BCUT2D eigenvalue weighted by molar-refractivity contribution is 5.73. The van der Waals surface area contributed by atoms with Gasteiger partial charge in [-0.05, 0) is 6.92 Å². The van der Waals surface area contributed by atoms with Gasteiger partial charge in [-0.3, -0.25) is 4.90 Å². The molecule has 0 spiro atoms. The van der Waals surface area contributed by atoms with Crippen molar-refractivity contribution in [1.29, 1.82) is 0 Å². The van der Waals surface area contributed by atoms with Crippen LogP contribution in [0.15, 0.2) is 0 Å². The molecule has 0 aromatic heterocycles.